The number of benzene rings is 1. The number of rotatable bonds is 4. The molecule has 17 heavy (non-hydrogen) atoms. The molecule has 1 aromatic carbocycles. The van der Waals surface area contributed by atoms with Crippen molar-refractivity contribution in [2.75, 3.05) is 12.0 Å². The predicted octanol–water partition coefficient (Wildman–Crippen LogP) is 1.69. The summed E-state index contributed by atoms with van der Waals surface area (Å²) in [7, 11) is -3.32. The first kappa shape index (κ1) is 13.8. The highest BCUT2D eigenvalue weighted by Gasteiger charge is 2.21. The fourth-order valence-corrected chi connectivity index (χ4v) is 2.55. The minimum absolute atomic E-state index is 0.329. The molecule has 1 atom stereocenters. The van der Waals surface area contributed by atoms with Crippen molar-refractivity contribution in [3.63, 3.8) is 0 Å². The fraction of sp³-hybridized carbons (Fsp3) is 0.300. The fourth-order valence-electron chi connectivity index (χ4n) is 1.42. The molecule has 1 unspecified atom stereocenters. The van der Waals surface area contributed by atoms with Gasteiger partial charge in [-0.2, -0.15) is 0 Å². The van der Waals surface area contributed by atoms with Crippen LogP contribution >= 0.6 is 11.6 Å². The molecule has 1 rings (SSSR count). The SMILES string of the molecule is CS(=O)(=O)CC(NC(=O)O)c1ccccc1Cl. The lowest BCUT2D eigenvalue weighted by Crippen LogP contribution is -2.32. The molecular formula is C10H12ClNO4S. The van der Waals surface area contributed by atoms with Gasteiger partial charge in [-0.15, -0.1) is 0 Å². The van der Waals surface area contributed by atoms with Crippen LogP contribution in [-0.4, -0.2) is 31.6 Å². The maximum absolute atomic E-state index is 11.2. The molecule has 0 bridgehead atoms. The van der Waals surface area contributed by atoms with E-state index in [0.29, 0.717) is 10.6 Å². The van der Waals surface area contributed by atoms with Crippen LogP contribution in [0.2, 0.25) is 5.02 Å². The zero-order valence-corrected chi connectivity index (χ0v) is 10.6. The third kappa shape index (κ3) is 4.62. The van der Waals surface area contributed by atoms with E-state index in [2.05, 4.69) is 5.32 Å². The van der Waals surface area contributed by atoms with E-state index in [9.17, 15) is 13.2 Å². The van der Waals surface area contributed by atoms with Gasteiger partial charge in [-0.3, -0.25) is 0 Å². The van der Waals surface area contributed by atoms with Crippen LogP contribution in [0, 0.1) is 0 Å². The van der Waals surface area contributed by atoms with Crippen molar-refractivity contribution < 1.29 is 18.3 Å². The first-order valence-electron chi connectivity index (χ1n) is 4.71. The van der Waals surface area contributed by atoms with E-state index in [4.69, 9.17) is 16.7 Å². The summed E-state index contributed by atoms with van der Waals surface area (Å²) >= 11 is 5.90. The molecule has 1 aromatic rings. The smallest absolute Gasteiger partial charge is 0.405 e. The number of carbonyl (C=O) groups is 1. The molecule has 7 heteroatoms. The van der Waals surface area contributed by atoms with Crippen molar-refractivity contribution in [2.24, 2.45) is 0 Å². The third-order valence-electron chi connectivity index (χ3n) is 2.05. The first-order chi connectivity index (χ1) is 7.79. The summed E-state index contributed by atoms with van der Waals surface area (Å²) in [6.07, 6.45) is -0.251. The number of nitrogens with one attached hydrogen (secondary N) is 1. The van der Waals surface area contributed by atoms with E-state index in [1.807, 2.05) is 0 Å². The van der Waals surface area contributed by atoms with Crippen LogP contribution in [0.25, 0.3) is 0 Å². The second-order valence-electron chi connectivity index (χ2n) is 3.62. The van der Waals surface area contributed by atoms with Crippen LogP contribution < -0.4 is 5.32 Å². The molecule has 5 nitrogen and oxygen atoms in total. The van der Waals surface area contributed by atoms with Crippen molar-refractivity contribution >= 4 is 27.5 Å². The molecule has 0 spiro atoms. The second-order valence-corrected chi connectivity index (χ2v) is 6.21. The van der Waals surface area contributed by atoms with Crippen LogP contribution in [0.3, 0.4) is 0 Å². The summed E-state index contributed by atoms with van der Waals surface area (Å²) in [6.45, 7) is 0. The first-order valence-corrected chi connectivity index (χ1v) is 7.15. The molecule has 0 aliphatic carbocycles. The Labute approximate surface area is 104 Å². The normalized spacial score (nSPS) is 13.1. The van der Waals surface area contributed by atoms with Gasteiger partial charge in [-0.25, -0.2) is 13.2 Å². The van der Waals surface area contributed by atoms with Crippen LogP contribution in [0.1, 0.15) is 11.6 Å². The predicted molar refractivity (Wildman–Crippen MR) is 65.1 cm³/mol. The zero-order chi connectivity index (χ0) is 13.1. The van der Waals surface area contributed by atoms with E-state index in [0.717, 1.165) is 6.26 Å². The van der Waals surface area contributed by atoms with Crippen molar-refractivity contribution in [1.82, 2.24) is 5.32 Å². The number of hydrogen-bond donors (Lipinski definition) is 2. The molecule has 0 aliphatic rings. The Morgan fingerprint density at radius 1 is 1.47 bits per heavy atom. The van der Waals surface area contributed by atoms with E-state index in [1.54, 1.807) is 24.3 Å². The lowest BCUT2D eigenvalue weighted by atomic mass is 10.1. The largest absolute Gasteiger partial charge is 0.465 e. The van der Waals surface area contributed by atoms with Crippen molar-refractivity contribution in [2.45, 2.75) is 6.04 Å². The molecule has 1 amide bonds. The molecule has 0 radical (unpaired) electrons. The monoisotopic (exact) mass is 277 g/mol. The quantitative estimate of drug-likeness (QED) is 0.877. The number of hydrogen-bond acceptors (Lipinski definition) is 3. The Kier molecular flexibility index (Phi) is 4.36. The van der Waals surface area contributed by atoms with Crippen LogP contribution in [0.15, 0.2) is 24.3 Å². The molecule has 0 heterocycles. The Hall–Kier alpha value is -1.27. The lowest BCUT2D eigenvalue weighted by molar-refractivity contribution is 0.191. The molecular weight excluding hydrogens is 266 g/mol. The molecule has 2 N–H and O–H groups in total. The highest BCUT2D eigenvalue weighted by atomic mass is 35.5. The van der Waals surface area contributed by atoms with Gasteiger partial charge in [-0.05, 0) is 11.6 Å². The van der Waals surface area contributed by atoms with Gasteiger partial charge in [0.1, 0.15) is 9.84 Å². The Morgan fingerprint density at radius 3 is 2.53 bits per heavy atom. The summed E-state index contributed by atoms with van der Waals surface area (Å²) in [5, 5.41) is 11.2. The molecule has 0 aliphatic heterocycles. The minimum Gasteiger partial charge on any atom is -0.465 e. The van der Waals surface area contributed by atoms with E-state index < -0.39 is 22.0 Å². The van der Waals surface area contributed by atoms with E-state index in [-0.39, 0.29) is 5.75 Å². The topological polar surface area (TPSA) is 83.5 Å². The van der Waals surface area contributed by atoms with Crippen molar-refractivity contribution in [3.8, 4) is 0 Å². The summed E-state index contributed by atoms with van der Waals surface area (Å²) in [4.78, 5) is 10.6. The lowest BCUT2D eigenvalue weighted by Gasteiger charge is -2.17. The summed E-state index contributed by atoms with van der Waals surface area (Å²) < 4.78 is 22.5. The van der Waals surface area contributed by atoms with Gasteiger partial charge in [0.05, 0.1) is 11.8 Å². The summed E-state index contributed by atoms with van der Waals surface area (Å²) in [5.74, 6) is -0.330. The Balaban J connectivity index is 3.06. The van der Waals surface area contributed by atoms with Gasteiger partial charge in [-0.1, -0.05) is 29.8 Å². The van der Waals surface area contributed by atoms with Crippen molar-refractivity contribution in [3.05, 3.63) is 34.9 Å². The number of amides is 1. The highest BCUT2D eigenvalue weighted by Crippen LogP contribution is 2.23. The van der Waals surface area contributed by atoms with Crippen LogP contribution in [-0.2, 0) is 9.84 Å². The summed E-state index contributed by atoms with van der Waals surface area (Å²) in [5.41, 5.74) is 0.446. The Morgan fingerprint density at radius 2 is 2.06 bits per heavy atom. The highest BCUT2D eigenvalue weighted by molar-refractivity contribution is 7.90. The molecule has 94 valence electrons. The zero-order valence-electron chi connectivity index (χ0n) is 9.05. The molecule has 0 fully saturated rings. The maximum Gasteiger partial charge on any atom is 0.405 e. The number of carboxylic acid groups (broad SMARTS) is 1. The van der Waals surface area contributed by atoms with Crippen molar-refractivity contribution in [1.29, 1.82) is 0 Å². The maximum atomic E-state index is 11.2. The molecule has 0 saturated heterocycles. The van der Waals surface area contributed by atoms with Gasteiger partial charge >= 0.3 is 6.09 Å². The van der Waals surface area contributed by atoms with Gasteiger partial charge < -0.3 is 10.4 Å². The minimum atomic E-state index is -3.32. The standard InChI is InChI=1S/C10H12ClNO4S/c1-17(15,16)6-9(12-10(13)14)7-4-2-3-5-8(7)11/h2-5,9,12H,6H2,1H3,(H,13,14). The van der Waals surface area contributed by atoms with Gasteiger partial charge in [0.15, 0.2) is 0 Å². The van der Waals surface area contributed by atoms with Gasteiger partial charge in [0, 0.05) is 11.3 Å². The average molecular weight is 278 g/mol. The Bertz CT molecular complexity index is 515. The van der Waals surface area contributed by atoms with Gasteiger partial charge in [0.25, 0.3) is 0 Å². The van der Waals surface area contributed by atoms with E-state index >= 15 is 0 Å². The summed E-state index contributed by atoms with van der Waals surface area (Å²) in [6, 6.07) is 5.66. The van der Waals surface area contributed by atoms with Crippen LogP contribution in [0.4, 0.5) is 4.79 Å². The second kappa shape index (κ2) is 5.37. The molecule has 0 aromatic heterocycles. The third-order valence-corrected chi connectivity index (χ3v) is 3.33. The van der Waals surface area contributed by atoms with Crippen LogP contribution in [0.5, 0.6) is 0 Å². The average Bonchev–Trinajstić information content (AvgIpc) is 2.14. The van der Waals surface area contributed by atoms with E-state index in [1.165, 1.54) is 0 Å². The molecule has 0 saturated carbocycles. The number of halogens is 1. The van der Waals surface area contributed by atoms with Gasteiger partial charge in [0.2, 0.25) is 0 Å². The number of sulfone groups is 1.